The van der Waals surface area contributed by atoms with Gasteiger partial charge >= 0.3 is 5.97 Å². The lowest BCUT2D eigenvalue weighted by Gasteiger charge is -2.23. The van der Waals surface area contributed by atoms with Gasteiger partial charge in [0.25, 0.3) is 0 Å². The molecule has 0 spiro atoms. The van der Waals surface area contributed by atoms with E-state index >= 15 is 0 Å². The lowest BCUT2D eigenvalue weighted by molar-refractivity contribution is -0.143. The van der Waals surface area contributed by atoms with Gasteiger partial charge in [-0.25, -0.2) is 0 Å². The van der Waals surface area contributed by atoms with Gasteiger partial charge in [0.2, 0.25) is 0 Å². The fourth-order valence-corrected chi connectivity index (χ4v) is 1.48. The van der Waals surface area contributed by atoms with Crippen molar-refractivity contribution in [2.24, 2.45) is 0 Å². The summed E-state index contributed by atoms with van der Waals surface area (Å²) in [6.45, 7) is 3.65. The van der Waals surface area contributed by atoms with Crippen LogP contribution in [0.5, 0.6) is 0 Å². The van der Waals surface area contributed by atoms with Crippen molar-refractivity contribution in [3.05, 3.63) is 0 Å². The van der Waals surface area contributed by atoms with Crippen molar-refractivity contribution < 1.29 is 19.7 Å². The summed E-state index contributed by atoms with van der Waals surface area (Å²) in [4.78, 5) is 11.2. The van der Waals surface area contributed by atoms with Crippen molar-refractivity contribution in [1.82, 2.24) is 5.32 Å². The third kappa shape index (κ3) is 6.76. The van der Waals surface area contributed by atoms with Gasteiger partial charge in [0.1, 0.15) is 6.23 Å². The molecule has 0 saturated carbocycles. The smallest absolute Gasteiger partial charge is 0.319 e. The largest absolute Gasteiger partial charge is 0.465 e. The number of carbonyl (C=O) groups is 1. The van der Waals surface area contributed by atoms with Crippen molar-refractivity contribution in [2.45, 2.75) is 45.3 Å². The maximum absolute atomic E-state index is 11.2. The Bertz CT molecular complexity index is 181. The molecule has 1 fully saturated rings. The minimum atomic E-state index is -0.183. The van der Waals surface area contributed by atoms with E-state index in [9.17, 15) is 4.79 Å². The Balaban J connectivity index is 0.00000225. The summed E-state index contributed by atoms with van der Waals surface area (Å²) in [5, 5.41) is 3.05. The van der Waals surface area contributed by atoms with Gasteiger partial charge in [0, 0.05) is 6.61 Å². The van der Waals surface area contributed by atoms with Gasteiger partial charge in [-0.1, -0.05) is 13.3 Å². The summed E-state index contributed by atoms with van der Waals surface area (Å²) in [6.07, 6.45) is 5.31. The van der Waals surface area contributed by atoms with Crippen LogP contribution < -0.4 is 5.32 Å². The molecule has 5 heteroatoms. The van der Waals surface area contributed by atoms with Crippen LogP contribution in [0.4, 0.5) is 0 Å². The lowest BCUT2D eigenvalue weighted by atomic mass is 10.2. The highest BCUT2D eigenvalue weighted by Crippen LogP contribution is 2.09. The Hall–Kier alpha value is -0.650. The second kappa shape index (κ2) is 9.57. The average Bonchev–Trinajstić information content (AvgIpc) is 2.28. The Morgan fingerprint density at radius 1 is 1.50 bits per heavy atom. The first-order valence-electron chi connectivity index (χ1n) is 5.83. The highest BCUT2D eigenvalue weighted by molar-refractivity contribution is 5.71. The van der Waals surface area contributed by atoms with E-state index in [1.807, 2.05) is 0 Å². The molecule has 1 rings (SSSR count). The molecule has 1 heterocycles. The minimum absolute atomic E-state index is 0. The molecule has 0 aromatic heterocycles. The van der Waals surface area contributed by atoms with Gasteiger partial charge < -0.3 is 14.9 Å². The van der Waals surface area contributed by atoms with E-state index in [1.165, 1.54) is 6.42 Å². The van der Waals surface area contributed by atoms with Crippen LogP contribution in [0.1, 0.15) is 39.0 Å². The lowest BCUT2D eigenvalue weighted by Crippen LogP contribution is -2.38. The molecule has 96 valence electrons. The zero-order valence-corrected chi connectivity index (χ0v) is 9.96. The average molecular weight is 233 g/mol. The van der Waals surface area contributed by atoms with Crippen LogP contribution in [-0.2, 0) is 14.3 Å². The molecule has 0 aromatic rings. The predicted molar refractivity (Wildman–Crippen MR) is 61.1 cm³/mol. The Morgan fingerprint density at radius 2 is 2.31 bits per heavy atom. The molecule has 0 amide bonds. The van der Waals surface area contributed by atoms with Crippen LogP contribution in [0.15, 0.2) is 0 Å². The number of ether oxygens (including phenoxy) is 2. The first-order chi connectivity index (χ1) is 7.33. The summed E-state index contributed by atoms with van der Waals surface area (Å²) in [5.41, 5.74) is 0. The van der Waals surface area contributed by atoms with Crippen LogP contribution >= 0.6 is 0 Å². The summed E-state index contributed by atoms with van der Waals surface area (Å²) in [7, 11) is 0. The van der Waals surface area contributed by atoms with Gasteiger partial charge in [-0.15, -0.1) is 0 Å². The van der Waals surface area contributed by atoms with E-state index in [0.29, 0.717) is 6.61 Å². The molecule has 16 heavy (non-hydrogen) atoms. The number of hydrogen-bond acceptors (Lipinski definition) is 4. The second-order valence-corrected chi connectivity index (χ2v) is 3.81. The monoisotopic (exact) mass is 233 g/mol. The van der Waals surface area contributed by atoms with E-state index in [-0.39, 0.29) is 24.2 Å². The Morgan fingerprint density at radius 3 is 2.94 bits per heavy atom. The van der Waals surface area contributed by atoms with Crippen LogP contribution in [0.3, 0.4) is 0 Å². The van der Waals surface area contributed by atoms with Crippen molar-refractivity contribution in [1.29, 1.82) is 0 Å². The molecular formula is C11H23NO4. The maximum Gasteiger partial charge on any atom is 0.319 e. The number of unbranched alkanes of at least 4 members (excludes halogenated alkanes) is 1. The van der Waals surface area contributed by atoms with Crippen molar-refractivity contribution in [3.63, 3.8) is 0 Å². The number of esters is 1. The molecule has 5 nitrogen and oxygen atoms in total. The zero-order valence-electron chi connectivity index (χ0n) is 9.96. The van der Waals surface area contributed by atoms with Crippen molar-refractivity contribution >= 4 is 5.97 Å². The standard InChI is InChI=1S/C11H21NO3.H2O/c1-2-3-7-15-11(13)9-12-10-6-4-5-8-14-10;/h10,12H,2-9H2,1H3;1H2. The van der Waals surface area contributed by atoms with Gasteiger partial charge in [0.15, 0.2) is 0 Å². The number of carbonyl (C=O) groups excluding carboxylic acids is 1. The summed E-state index contributed by atoms with van der Waals surface area (Å²) >= 11 is 0. The number of hydrogen-bond donors (Lipinski definition) is 1. The zero-order chi connectivity index (χ0) is 10.9. The van der Waals surface area contributed by atoms with E-state index < -0.39 is 0 Å². The van der Waals surface area contributed by atoms with Crippen LogP contribution in [0.2, 0.25) is 0 Å². The molecule has 1 aliphatic rings. The quantitative estimate of drug-likeness (QED) is 0.539. The highest BCUT2D eigenvalue weighted by Gasteiger charge is 2.14. The second-order valence-electron chi connectivity index (χ2n) is 3.81. The highest BCUT2D eigenvalue weighted by atomic mass is 16.5. The van der Waals surface area contributed by atoms with E-state index in [4.69, 9.17) is 9.47 Å². The van der Waals surface area contributed by atoms with Crippen LogP contribution in [-0.4, -0.2) is 37.4 Å². The number of rotatable bonds is 6. The minimum Gasteiger partial charge on any atom is -0.465 e. The van der Waals surface area contributed by atoms with Gasteiger partial charge in [-0.2, -0.15) is 0 Å². The van der Waals surface area contributed by atoms with E-state index in [0.717, 1.165) is 32.3 Å². The van der Waals surface area contributed by atoms with Gasteiger partial charge in [-0.05, 0) is 25.7 Å². The summed E-state index contributed by atoms with van der Waals surface area (Å²) in [6, 6.07) is 0. The molecular weight excluding hydrogens is 210 g/mol. The van der Waals surface area contributed by atoms with Gasteiger partial charge in [-0.3, -0.25) is 10.1 Å². The summed E-state index contributed by atoms with van der Waals surface area (Å²) in [5.74, 6) is -0.183. The molecule has 0 bridgehead atoms. The molecule has 1 unspecified atom stereocenters. The fraction of sp³-hybridized carbons (Fsp3) is 0.909. The van der Waals surface area contributed by atoms with Crippen LogP contribution in [0, 0.1) is 0 Å². The van der Waals surface area contributed by atoms with Crippen LogP contribution in [0.25, 0.3) is 0 Å². The maximum atomic E-state index is 11.2. The third-order valence-corrected chi connectivity index (χ3v) is 2.41. The van der Waals surface area contributed by atoms with Crippen molar-refractivity contribution in [3.8, 4) is 0 Å². The number of nitrogens with one attached hydrogen (secondary N) is 1. The third-order valence-electron chi connectivity index (χ3n) is 2.41. The first kappa shape index (κ1) is 15.3. The summed E-state index contributed by atoms with van der Waals surface area (Å²) < 4.78 is 10.5. The Kier molecular flexibility index (Phi) is 9.18. The topological polar surface area (TPSA) is 79.1 Å². The Labute approximate surface area is 96.8 Å². The predicted octanol–water partition coefficient (Wildman–Crippen LogP) is 0.621. The van der Waals surface area contributed by atoms with Crippen molar-refractivity contribution in [2.75, 3.05) is 19.8 Å². The van der Waals surface area contributed by atoms with Gasteiger partial charge in [0.05, 0.1) is 13.2 Å². The molecule has 3 N–H and O–H groups in total. The van der Waals surface area contributed by atoms with E-state index in [2.05, 4.69) is 12.2 Å². The molecule has 0 aromatic carbocycles. The molecule has 1 atom stereocenters. The fourth-order valence-electron chi connectivity index (χ4n) is 1.48. The normalized spacial score (nSPS) is 19.9. The molecule has 0 aliphatic carbocycles. The molecule has 1 saturated heterocycles. The molecule has 1 aliphatic heterocycles. The SMILES string of the molecule is CCCCOC(=O)CNC1CCCCO1.O. The first-order valence-corrected chi connectivity index (χ1v) is 5.83. The molecule has 0 radical (unpaired) electrons. The van der Waals surface area contributed by atoms with E-state index in [1.54, 1.807) is 0 Å².